The van der Waals surface area contributed by atoms with E-state index in [1.54, 1.807) is 6.92 Å². The first kappa shape index (κ1) is 12.2. The second kappa shape index (κ2) is 5.91. The molecule has 1 aliphatic carbocycles. The zero-order valence-electron chi connectivity index (χ0n) is 9.71. The van der Waals surface area contributed by atoms with Gasteiger partial charge in [-0.15, -0.1) is 0 Å². The molecule has 0 aromatic rings. The molecule has 1 aliphatic rings. The predicted octanol–water partition coefficient (Wildman–Crippen LogP) is 1.74. The summed E-state index contributed by atoms with van der Waals surface area (Å²) < 4.78 is 4.84. The van der Waals surface area contributed by atoms with Crippen LogP contribution < -0.4 is 5.32 Å². The van der Waals surface area contributed by atoms with Crippen LogP contribution in [0.5, 0.6) is 0 Å². The Bertz CT molecular complexity index is 234. The van der Waals surface area contributed by atoms with E-state index >= 15 is 0 Å². The van der Waals surface area contributed by atoms with Gasteiger partial charge in [-0.3, -0.25) is 0 Å². The Balaban J connectivity index is 2.07. The summed E-state index contributed by atoms with van der Waals surface area (Å²) in [4.78, 5) is 11.2. The van der Waals surface area contributed by atoms with Crippen molar-refractivity contribution in [2.24, 2.45) is 11.8 Å². The molecule has 1 fully saturated rings. The fraction of sp³-hybridized carbons (Fsp3) is 0.750. The average Bonchev–Trinajstić information content (AvgIpc) is 3.00. The van der Waals surface area contributed by atoms with E-state index in [-0.39, 0.29) is 5.97 Å². The normalized spacial score (nSPS) is 17.2. The van der Waals surface area contributed by atoms with E-state index in [4.69, 9.17) is 4.74 Å². The average molecular weight is 211 g/mol. The van der Waals surface area contributed by atoms with Gasteiger partial charge in [0.25, 0.3) is 0 Å². The fourth-order valence-electron chi connectivity index (χ4n) is 1.59. The Morgan fingerprint density at radius 3 is 2.80 bits per heavy atom. The largest absolute Gasteiger partial charge is 0.463 e. The molecule has 1 saturated carbocycles. The first-order valence-corrected chi connectivity index (χ1v) is 5.70. The SMILES string of the molecule is C=C(CNCC(C)C1CC1)C(=O)OCC. The van der Waals surface area contributed by atoms with Gasteiger partial charge in [-0.1, -0.05) is 13.5 Å². The van der Waals surface area contributed by atoms with Gasteiger partial charge in [-0.05, 0) is 38.1 Å². The molecule has 0 saturated heterocycles. The maximum atomic E-state index is 11.2. The van der Waals surface area contributed by atoms with Crippen molar-refractivity contribution in [3.8, 4) is 0 Å². The second-order valence-corrected chi connectivity index (χ2v) is 4.27. The van der Waals surface area contributed by atoms with Crippen molar-refractivity contribution in [3.05, 3.63) is 12.2 Å². The smallest absolute Gasteiger partial charge is 0.334 e. The van der Waals surface area contributed by atoms with Crippen molar-refractivity contribution in [3.63, 3.8) is 0 Å². The predicted molar refractivity (Wildman–Crippen MR) is 60.5 cm³/mol. The highest BCUT2D eigenvalue weighted by atomic mass is 16.5. The molecular weight excluding hydrogens is 190 g/mol. The molecule has 15 heavy (non-hydrogen) atoms. The lowest BCUT2D eigenvalue weighted by molar-refractivity contribution is -0.138. The molecule has 0 heterocycles. The van der Waals surface area contributed by atoms with Gasteiger partial charge in [0.15, 0.2) is 0 Å². The summed E-state index contributed by atoms with van der Waals surface area (Å²) in [5.74, 6) is 1.32. The van der Waals surface area contributed by atoms with Crippen molar-refractivity contribution in [2.75, 3.05) is 19.7 Å². The number of rotatable bonds is 7. The van der Waals surface area contributed by atoms with E-state index in [0.717, 1.165) is 12.5 Å². The summed E-state index contributed by atoms with van der Waals surface area (Å²) in [5, 5.41) is 3.25. The molecule has 0 aromatic heterocycles. The molecule has 3 nitrogen and oxygen atoms in total. The van der Waals surface area contributed by atoms with Gasteiger partial charge in [0.2, 0.25) is 0 Å². The minimum absolute atomic E-state index is 0.288. The minimum atomic E-state index is -0.288. The van der Waals surface area contributed by atoms with Crippen molar-refractivity contribution >= 4 is 5.97 Å². The van der Waals surface area contributed by atoms with Gasteiger partial charge in [0, 0.05) is 12.1 Å². The van der Waals surface area contributed by atoms with Crippen LogP contribution in [-0.4, -0.2) is 25.7 Å². The highest BCUT2D eigenvalue weighted by Crippen LogP contribution is 2.35. The molecule has 3 heteroatoms. The molecule has 0 spiro atoms. The Morgan fingerprint density at radius 1 is 1.60 bits per heavy atom. The molecule has 0 radical (unpaired) electrons. The number of ether oxygens (including phenoxy) is 1. The molecule has 1 N–H and O–H groups in total. The summed E-state index contributed by atoms with van der Waals surface area (Å²) in [7, 11) is 0. The van der Waals surface area contributed by atoms with E-state index in [1.165, 1.54) is 12.8 Å². The third-order valence-corrected chi connectivity index (χ3v) is 2.80. The Labute approximate surface area is 91.9 Å². The van der Waals surface area contributed by atoms with Gasteiger partial charge in [0.05, 0.1) is 6.61 Å². The van der Waals surface area contributed by atoms with Gasteiger partial charge < -0.3 is 10.1 Å². The van der Waals surface area contributed by atoms with Crippen LogP contribution in [0, 0.1) is 11.8 Å². The van der Waals surface area contributed by atoms with Gasteiger partial charge >= 0.3 is 5.97 Å². The van der Waals surface area contributed by atoms with Crippen molar-refractivity contribution in [1.82, 2.24) is 5.32 Å². The summed E-state index contributed by atoms with van der Waals surface area (Å²) >= 11 is 0. The lowest BCUT2D eigenvalue weighted by Gasteiger charge is -2.11. The van der Waals surface area contributed by atoms with Crippen molar-refractivity contribution < 1.29 is 9.53 Å². The lowest BCUT2D eigenvalue weighted by atomic mass is 10.1. The minimum Gasteiger partial charge on any atom is -0.463 e. The standard InChI is InChI=1S/C12H21NO2/c1-4-15-12(14)10(3)8-13-7-9(2)11-5-6-11/h9,11,13H,3-8H2,1-2H3. The maximum Gasteiger partial charge on any atom is 0.334 e. The molecule has 1 rings (SSSR count). The number of carbonyl (C=O) groups excluding carboxylic acids is 1. The van der Waals surface area contributed by atoms with Crippen molar-refractivity contribution in [1.29, 1.82) is 0 Å². The maximum absolute atomic E-state index is 11.2. The molecule has 0 bridgehead atoms. The zero-order valence-corrected chi connectivity index (χ0v) is 9.71. The lowest BCUT2D eigenvalue weighted by Crippen LogP contribution is -2.26. The Hall–Kier alpha value is -0.830. The molecule has 0 amide bonds. The molecule has 0 aromatic carbocycles. The van der Waals surface area contributed by atoms with Crippen LogP contribution in [0.25, 0.3) is 0 Å². The number of hydrogen-bond donors (Lipinski definition) is 1. The number of hydrogen-bond acceptors (Lipinski definition) is 3. The summed E-state index contributed by atoms with van der Waals surface area (Å²) in [6.45, 7) is 9.65. The van der Waals surface area contributed by atoms with Crippen LogP contribution in [0.2, 0.25) is 0 Å². The molecule has 0 aliphatic heterocycles. The van der Waals surface area contributed by atoms with Crippen LogP contribution in [0.3, 0.4) is 0 Å². The molecule has 1 atom stereocenters. The quantitative estimate of drug-likeness (QED) is 0.515. The van der Waals surface area contributed by atoms with Gasteiger partial charge in [-0.2, -0.15) is 0 Å². The highest BCUT2D eigenvalue weighted by molar-refractivity contribution is 5.88. The highest BCUT2D eigenvalue weighted by Gasteiger charge is 2.27. The van der Waals surface area contributed by atoms with Crippen LogP contribution in [0.4, 0.5) is 0 Å². The van der Waals surface area contributed by atoms with Gasteiger partial charge in [0.1, 0.15) is 0 Å². The topological polar surface area (TPSA) is 38.3 Å². The van der Waals surface area contributed by atoms with Crippen LogP contribution in [0.15, 0.2) is 12.2 Å². The van der Waals surface area contributed by atoms with E-state index < -0.39 is 0 Å². The van der Waals surface area contributed by atoms with E-state index in [9.17, 15) is 4.79 Å². The fourth-order valence-corrected chi connectivity index (χ4v) is 1.59. The van der Waals surface area contributed by atoms with Crippen molar-refractivity contribution in [2.45, 2.75) is 26.7 Å². The number of carbonyl (C=O) groups is 1. The number of esters is 1. The first-order chi connectivity index (χ1) is 7.15. The monoisotopic (exact) mass is 211 g/mol. The third-order valence-electron chi connectivity index (χ3n) is 2.80. The Morgan fingerprint density at radius 2 is 2.27 bits per heavy atom. The van der Waals surface area contributed by atoms with E-state index in [2.05, 4.69) is 18.8 Å². The summed E-state index contributed by atoms with van der Waals surface area (Å²) in [6, 6.07) is 0. The van der Waals surface area contributed by atoms with Crippen LogP contribution in [-0.2, 0) is 9.53 Å². The summed E-state index contributed by atoms with van der Waals surface area (Å²) in [6.07, 6.45) is 2.73. The van der Waals surface area contributed by atoms with E-state index in [0.29, 0.717) is 24.6 Å². The molecule has 86 valence electrons. The van der Waals surface area contributed by atoms with Crippen LogP contribution in [0.1, 0.15) is 26.7 Å². The number of nitrogens with one attached hydrogen (secondary N) is 1. The zero-order chi connectivity index (χ0) is 11.3. The van der Waals surface area contributed by atoms with Gasteiger partial charge in [-0.25, -0.2) is 4.79 Å². The Kier molecular flexibility index (Phi) is 4.82. The molecule has 1 unspecified atom stereocenters. The molecular formula is C12H21NO2. The second-order valence-electron chi connectivity index (χ2n) is 4.27. The van der Waals surface area contributed by atoms with E-state index in [1.807, 2.05) is 0 Å². The third kappa shape index (κ3) is 4.47. The summed E-state index contributed by atoms with van der Waals surface area (Å²) in [5.41, 5.74) is 0.514. The first-order valence-electron chi connectivity index (χ1n) is 5.70. The van der Waals surface area contributed by atoms with Crippen LogP contribution >= 0.6 is 0 Å².